The average molecular weight is 445 g/mol. The van der Waals surface area contributed by atoms with Crippen molar-refractivity contribution in [3.05, 3.63) is 79.0 Å². The van der Waals surface area contributed by atoms with Gasteiger partial charge in [0.05, 0.1) is 11.4 Å². The standard InChI is InChI=1S/C20H16FN3O6S/c1-23(30-20(27)9-8-19(25)26)14-11-18(16-6-2-3-7-17(16)21)24(13-14)31(28,29)15-5-4-10-22-12-15/h2-13H,1H3,(H,25,26)/b9-8+. The first-order valence-corrected chi connectivity index (χ1v) is 10.1. The maximum Gasteiger partial charge on any atom is 0.356 e. The van der Waals surface area contributed by atoms with Crippen LogP contribution in [0.1, 0.15) is 0 Å². The van der Waals surface area contributed by atoms with Crippen LogP contribution in [0.4, 0.5) is 10.1 Å². The van der Waals surface area contributed by atoms with Gasteiger partial charge in [-0.05, 0) is 30.3 Å². The number of pyridine rings is 1. The molecule has 3 aromatic rings. The molecule has 0 saturated heterocycles. The zero-order chi connectivity index (χ0) is 22.6. The van der Waals surface area contributed by atoms with Crippen molar-refractivity contribution in [3.8, 4) is 11.3 Å². The van der Waals surface area contributed by atoms with Crippen molar-refractivity contribution in [1.82, 2.24) is 8.96 Å². The zero-order valence-corrected chi connectivity index (χ0v) is 16.9. The van der Waals surface area contributed by atoms with Gasteiger partial charge >= 0.3 is 11.9 Å². The Kier molecular flexibility index (Phi) is 6.16. The molecule has 0 aliphatic carbocycles. The molecule has 0 amide bonds. The summed E-state index contributed by atoms with van der Waals surface area (Å²) in [5, 5.41) is 9.52. The van der Waals surface area contributed by atoms with Gasteiger partial charge in [0.1, 0.15) is 10.7 Å². The van der Waals surface area contributed by atoms with E-state index in [1.165, 1.54) is 49.6 Å². The smallest absolute Gasteiger partial charge is 0.356 e. The fraction of sp³-hybridized carbons (Fsp3) is 0.0500. The quantitative estimate of drug-likeness (QED) is 0.435. The molecule has 11 heteroatoms. The average Bonchev–Trinajstić information content (AvgIpc) is 3.19. The van der Waals surface area contributed by atoms with E-state index in [9.17, 15) is 22.4 Å². The third kappa shape index (κ3) is 4.78. The number of carboxylic acids is 1. The monoisotopic (exact) mass is 445 g/mol. The molecule has 2 aromatic heterocycles. The molecule has 160 valence electrons. The lowest BCUT2D eigenvalue weighted by Gasteiger charge is -2.14. The van der Waals surface area contributed by atoms with Gasteiger partial charge in [0.15, 0.2) is 0 Å². The summed E-state index contributed by atoms with van der Waals surface area (Å²) in [6.07, 6.45) is 5.01. The summed E-state index contributed by atoms with van der Waals surface area (Å²) in [5.41, 5.74) is 0.0930. The second-order valence-electron chi connectivity index (χ2n) is 6.13. The van der Waals surface area contributed by atoms with Crippen LogP contribution in [0.5, 0.6) is 0 Å². The normalized spacial score (nSPS) is 11.4. The second-order valence-corrected chi connectivity index (χ2v) is 7.95. The minimum absolute atomic E-state index is 0.00622. The molecule has 2 heterocycles. The van der Waals surface area contributed by atoms with Crippen molar-refractivity contribution < 1.29 is 32.3 Å². The molecule has 0 saturated carbocycles. The topological polar surface area (TPSA) is 119 Å². The van der Waals surface area contributed by atoms with E-state index in [1.54, 1.807) is 6.07 Å². The van der Waals surface area contributed by atoms with E-state index in [1.807, 2.05) is 0 Å². The number of carboxylic acid groups (broad SMARTS) is 1. The third-order valence-corrected chi connectivity index (χ3v) is 5.72. The molecule has 0 fully saturated rings. The van der Waals surface area contributed by atoms with Crippen molar-refractivity contribution in [2.75, 3.05) is 12.1 Å². The maximum absolute atomic E-state index is 14.5. The van der Waals surface area contributed by atoms with E-state index in [-0.39, 0.29) is 21.8 Å². The van der Waals surface area contributed by atoms with Crippen LogP contribution in [0.2, 0.25) is 0 Å². The minimum Gasteiger partial charge on any atom is -0.478 e. The Morgan fingerprint density at radius 1 is 1.19 bits per heavy atom. The van der Waals surface area contributed by atoms with E-state index >= 15 is 0 Å². The van der Waals surface area contributed by atoms with Crippen molar-refractivity contribution in [1.29, 1.82) is 0 Å². The summed E-state index contributed by atoms with van der Waals surface area (Å²) in [4.78, 5) is 30.9. The number of aliphatic carboxylic acids is 1. The van der Waals surface area contributed by atoms with E-state index in [2.05, 4.69) is 4.98 Å². The maximum atomic E-state index is 14.5. The number of nitrogens with zero attached hydrogens (tertiary/aromatic N) is 3. The van der Waals surface area contributed by atoms with Crippen LogP contribution >= 0.6 is 0 Å². The van der Waals surface area contributed by atoms with E-state index in [4.69, 9.17) is 9.94 Å². The Morgan fingerprint density at radius 2 is 1.94 bits per heavy atom. The number of hydrogen-bond donors (Lipinski definition) is 1. The van der Waals surface area contributed by atoms with Crippen LogP contribution in [0.25, 0.3) is 11.3 Å². The molecule has 0 aliphatic heterocycles. The lowest BCUT2D eigenvalue weighted by Crippen LogP contribution is -2.21. The highest BCUT2D eigenvalue weighted by Gasteiger charge is 2.25. The van der Waals surface area contributed by atoms with Crippen LogP contribution in [-0.2, 0) is 24.4 Å². The molecule has 0 spiro atoms. The number of hydroxylamine groups is 1. The van der Waals surface area contributed by atoms with Crippen molar-refractivity contribution in [2.24, 2.45) is 0 Å². The second kappa shape index (κ2) is 8.79. The van der Waals surface area contributed by atoms with Gasteiger partial charge in [0.25, 0.3) is 10.0 Å². The third-order valence-electron chi connectivity index (χ3n) is 4.07. The van der Waals surface area contributed by atoms with Crippen LogP contribution < -0.4 is 5.06 Å². The Morgan fingerprint density at radius 3 is 2.58 bits per heavy atom. The van der Waals surface area contributed by atoms with Crippen molar-refractivity contribution in [2.45, 2.75) is 4.90 Å². The lowest BCUT2D eigenvalue weighted by atomic mass is 10.1. The highest BCUT2D eigenvalue weighted by molar-refractivity contribution is 7.90. The van der Waals surface area contributed by atoms with Gasteiger partial charge in [-0.25, -0.2) is 31.4 Å². The van der Waals surface area contributed by atoms with Crippen LogP contribution in [-0.4, -0.2) is 41.5 Å². The number of hydrogen-bond acceptors (Lipinski definition) is 7. The van der Waals surface area contributed by atoms with Crippen LogP contribution in [0.3, 0.4) is 0 Å². The molecule has 3 rings (SSSR count). The fourth-order valence-corrected chi connectivity index (χ4v) is 3.97. The number of aromatic nitrogens is 2. The van der Waals surface area contributed by atoms with Gasteiger partial charge in [0, 0.05) is 43.4 Å². The van der Waals surface area contributed by atoms with Gasteiger partial charge in [-0.1, -0.05) is 12.1 Å². The first-order chi connectivity index (χ1) is 14.7. The van der Waals surface area contributed by atoms with E-state index < -0.39 is 27.8 Å². The molecule has 31 heavy (non-hydrogen) atoms. The summed E-state index contributed by atoms with van der Waals surface area (Å²) in [6.45, 7) is 0. The van der Waals surface area contributed by atoms with Gasteiger partial charge < -0.3 is 9.94 Å². The Labute approximate surface area is 176 Å². The predicted octanol–water partition coefficient (Wildman–Crippen LogP) is 2.46. The highest BCUT2D eigenvalue weighted by Crippen LogP contribution is 2.32. The molecule has 0 unspecified atom stereocenters. The number of halogens is 1. The first kappa shape index (κ1) is 21.7. The zero-order valence-electron chi connectivity index (χ0n) is 16.0. The summed E-state index contributed by atoms with van der Waals surface area (Å²) < 4.78 is 41.7. The van der Waals surface area contributed by atoms with Crippen molar-refractivity contribution in [3.63, 3.8) is 0 Å². The molecule has 1 N–H and O–H groups in total. The lowest BCUT2D eigenvalue weighted by molar-refractivity contribution is -0.139. The van der Waals surface area contributed by atoms with Gasteiger partial charge in [0.2, 0.25) is 0 Å². The summed E-state index contributed by atoms with van der Waals surface area (Å²) in [5.74, 6) is -2.99. The minimum atomic E-state index is -4.17. The molecule has 0 bridgehead atoms. The largest absolute Gasteiger partial charge is 0.478 e. The Hall–Kier alpha value is -3.99. The van der Waals surface area contributed by atoms with E-state index in [0.717, 1.165) is 21.4 Å². The van der Waals surface area contributed by atoms with Crippen LogP contribution in [0.15, 0.2) is 78.1 Å². The van der Waals surface area contributed by atoms with Gasteiger partial charge in [-0.15, -0.1) is 0 Å². The Bertz CT molecular complexity index is 1250. The predicted molar refractivity (Wildman–Crippen MR) is 108 cm³/mol. The molecule has 9 nitrogen and oxygen atoms in total. The molecule has 1 aromatic carbocycles. The van der Waals surface area contributed by atoms with Gasteiger partial charge in [-0.3, -0.25) is 4.98 Å². The number of carbonyl (C=O) groups excluding carboxylic acids is 1. The molecule has 0 atom stereocenters. The highest BCUT2D eigenvalue weighted by atomic mass is 32.2. The summed E-state index contributed by atoms with van der Waals surface area (Å²) >= 11 is 0. The Balaban J connectivity index is 2.08. The van der Waals surface area contributed by atoms with Crippen LogP contribution in [0, 0.1) is 5.82 Å². The summed E-state index contributed by atoms with van der Waals surface area (Å²) in [7, 11) is -2.86. The number of rotatable bonds is 7. The molecular weight excluding hydrogens is 429 g/mol. The van der Waals surface area contributed by atoms with Crippen molar-refractivity contribution >= 4 is 27.6 Å². The number of carbonyl (C=O) groups is 2. The molecule has 0 aliphatic rings. The molecular formula is C20H16FN3O6S. The van der Waals surface area contributed by atoms with E-state index in [0.29, 0.717) is 12.2 Å². The van der Waals surface area contributed by atoms with Gasteiger partial charge in [-0.2, -0.15) is 0 Å². The number of benzene rings is 1. The SMILES string of the molecule is CN(OC(=O)/C=C/C(=O)O)c1cc(-c2ccccc2F)n(S(=O)(=O)c2cccnc2)c1. The fourth-order valence-electron chi connectivity index (χ4n) is 2.64. The first-order valence-electron chi connectivity index (χ1n) is 8.69. The molecule has 0 radical (unpaired) electrons. The number of anilines is 1. The summed E-state index contributed by atoms with van der Waals surface area (Å²) in [6, 6.07) is 9.71.